The lowest BCUT2D eigenvalue weighted by molar-refractivity contribution is 0.474. The van der Waals surface area contributed by atoms with Crippen molar-refractivity contribution >= 4 is 22.8 Å². The maximum atomic E-state index is 12.9. The van der Waals surface area contributed by atoms with Gasteiger partial charge in [-0.25, -0.2) is 0 Å². The van der Waals surface area contributed by atoms with Crippen LogP contribution in [0.4, 0.5) is 0 Å². The van der Waals surface area contributed by atoms with Gasteiger partial charge in [-0.1, -0.05) is 48.0 Å². The first-order valence-electron chi connectivity index (χ1n) is 7.27. The lowest BCUT2D eigenvalue weighted by atomic mass is 10.0. The number of halogens is 1. The third kappa shape index (κ3) is 2.72. The molecular formula is C19H13ClO2S. The number of hydrogen-bond donors (Lipinski definition) is 0. The van der Waals surface area contributed by atoms with Crippen molar-refractivity contribution in [2.45, 2.75) is 16.2 Å². The lowest BCUT2D eigenvalue weighted by Crippen LogP contribution is -2.15. The highest BCUT2D eigenvalue weighted by atomic mass is 35.5. The molecule has 4 heteroatoms. The van der Waals surface area contributed by atoms with Gasteiger partial charge in [0, 0.05) is 40.3 Å². The summed E-state index contributed by atoms with van der Waals surface area (Å²) in [6.45, 7) is 0. The normalized spacial score (nSPS) is 15.7. The molecule has 0 saturated heterocycles. The molecule has 1 atom stereocenters. The van der Waals surface area contributed by atoms with E-state index in [-0.39, 0.29) is 0 Å². The van der Waals surface area contributed by atoms with Crippen molar-refractivity contribution in [3.05, 3.63) is 82.9 Å². The zero-order chi connectivity index (χ0) is 15.8. The molecule has 3 aromatic carbocycles. The molecule has 1 aliphatic heterocycles. The molecular weight excluding hydrogens is 328 g/mol. The van der Waals surface area contributed by atoms with Crippen LogP contribution in [0.15, 0.2) is 76.5 Å². The Morgan fingerprint density at radius 1 is 0.913 bits per heavy atom. The number of ether oxygens (including phenoxy) is 1. The van der Waals surface area contributed by atoms with E-state index in [4.69, 9.17) is 16.3 Å². The summed E-state index contributed by atoms with van der Waals surface area (Å²) in [6.07, 6.45) is 0.691. The second-order valence-corrected chi connectivity index (χ2v) is 7.20. The smallest absolute Gasteiger partial charge is 0.167 e. The van der Waals surface area contributed by atoms with Gasteiger partial charge in [0.15, 0.2) is 9.79 Å². The Bertz CT molecular complexity index is 864. The van der Waals surface area contributed by atoms with Crippen LogP contribution >= 0.6 is 11.6 Å². The van der Waals surface area contributed by atoms with Crippen molar-refractivity contribution < 1.29 is 9.29 Å². The molecule has 4 rings (SSSR count). The Labute approximate surface area is 142 Å². The quantitative estimate of drug-likeness (QED) is 0.600. The van der Waals surface area contributed by atoms with E-state index in [1.165, 1.54) is 0 Å². The molecule has 0 amide bonds. The van der Waals surface area contributed by atoms with E-state index in [0.29, 0.717) is 17.2 Å². The van der Waals surface area contributed by atoms with Gasteiger partial charge >= 0.3 is 0 Å². The average Bonchev–Trinajstić information content (AvgIpc) is 2.57. The fourth-order valence-electron chi connectivity index (χ4n) is 2.77. The standard InChI is InChI=1S/C19H13ClO2S/c20-14-11-17(22-15-7-2-1-3-8-15)16-10-13-6-4-5-9-18(13)23(21)19(16)12-14/h1-9,11-12H,10H2. The van der Waals surface area contributed by atoms with Crippen LogP contribution in [-0.4, -0.2) is 4.55 Å². The Morgan fingerprint density at radius 2 is 1.65 bits per heavy atom. The number of fused-ring (bicyclic) bond motifs is 2. The number of rotatable bonds is 2. The van der Waals surface area contributed by atoms with Crippen LogP contribution in [0.2, 0.25) is 5.02 Å². The first-order chi connectivity index (χ1) is 11.2. The molecule has 1 unspecified atom stereocenters. The highest BCUT2D eigenvalue weighted by Crippen LogP contribution is 2.41. The van der Waals surface area contributed by atoms with Crippen molar-refractivity contribution in [1.82, 2.24) is 0 Å². The van der Waals surface area contributed by atoms with Crippen molar-refractivity contribution in [2.24, 2.45) is 0 Å². The van der Waals surface area contributed by atoms with Crippen molar-refractivity contribution in [2.75, 3.05) is 0 Å². The van der Waals surface area contributed by atoms with Gasteiger partial charge in [-0.15, -0.1) is 0 Å². The monoisotopic (exact) mass is 340 g/mol. The van der Waals surface area contributed by atoms with Gasteiger partial charge in [0.2, 0.25) is 0 Å². The number of para-hydroxylation sites is 1. The highest BCUT2D eigenvalue weighted by Gasteiger charge is 2.31. The molecule has 0 saturated carbocycles. The van der Waals surface area contributed by atoms with Gasteiger partial charge in [0.05, 0.1) is 5.56 Å². The van der Waals surface area contributed by atoms with Crippen LogP contribution in [0.25, 0.3) is 0 Å². The Kier molecular flexibility index (Phi) is 3.77. The van der Waals surface area contributed by atoms with E-state index < -0.39 is 11.2 Å². The van der Waals surface area contributed by atoms with Gasteiger partial charge < -0.3 is 9.29 Å². The van der Waals surface area contributed by atoms with Gasteiger partial charge in [-0.05, 0) is 18.2 Å². The van der Waals surface area contributed by atoms with E-state index in [2.05, 4.69) is 0 Å². The van der Waals surface area contributed by atoms with E-state index in [9.17, 15) is 4.55 Å². The second-order valence-electron chi connectivity index (χ2n) is 5.35. The third-order valence-corrected chi connectivity index (χ3v) is 5.62. The minimum Gasteiger partial charge on any atom is -0.606 e. The minimum absolute atomic E-state index is 0.530. The van der Waals surface area contributed by atoms with Crippen molar-refractivity contribution in [3.63, 3.8) is 0 Å². The molecule has 0 spiro atoms. The summed E-state index contributed by atoms with van der Waals surface area (Å²) in [7, 11) is 0. The van der Waals surface area contributed by atoms with Gasteiger partial charge in [-0.2, -0.15) is 0 Å². The van der Waals surface area contributed by atoms with Crippen LogP contribution in [0, 0.1) is 0 Å². The molecule has 1 heterocycles. The summed E-state index contributed by atoms with van der Waals surface area (Å²) in [5, 5.41) is 0.530. The van der Waals surface area contributed by atoms with E-state index in [1.54, 1.807) is 12.1 Å². The lowest BCUT2D eigenvalue weighted by Gasteiger charge is -2.23. The molecule has 0 N–H and O–H groups in total. The summed E-state index contributed by atoms with van der Waals surface area (Å²) in [4.78, 5) is 1.59. The first-order valence-corrected chi connectivity index (χ1v) is 8.80. The van der Waals surface area contributed by atoms with E-state index in [1.807, 2.05) is 54.6 Å². The van der Waals surface area contributed by atoms with Crippen LogP contribution in [0.1, 0.15) is 11.1 Å². The Balaban J connectivity index is 1.82. The van der Waals surface area contributed by atoms with E-state index in [0.717, 1.165) is 26.7 Å². The fourth-order valence-corrected chi connectivity index (χ4v) is 4.49. The fraction of sp³-hybridized carbons (Fsp3) is 0.0526. The van der Waals surface area contributed by atoms with Crippen LogP contribution in [0.5, 0.6) is 11.5 Å². The summed E-state index contributed by atoms with van der Waals surface area (Å²) in [5.74, 6) is 1.41. The minimum atomic E-state index is -1.23. The molecule has 2 nitrogen and oxygen atoms in total. The molecule has 0 aromatic heterocycles. The van der Waals surface area contributed by atoms with E-state index >= 15 is 0 Å². The van der Waals surface area contributed by atoms with Crippen molar-refractivity contribution in [1.29, 1.82) is 0 Å². The van der Waals surface area contributed by atoms with Gasteiger partial charge in [0.1, 0.15) is 11.5 Å². The summed E-state index contributed by atoms with van der Waals surface area (Å²) in [5.41, 5.74) is 2.01. The van der Waals surface area contributed by atoms with Crippen molar-refractivity contribution in [3.8, 4) is 11.5 Å². The SMILES string of the molecule is [O-][S+]1c2ccccc2Cc2c(Oc3ccccc3)cc(Cl)cc21. The summed E-state index contributed by atoms with van der Waals surface area (Å²) < 4.78 is 18.9. The van der Waals surface area contributed by atoms with Crippen LogP contribution < -0.4 is 4.74 Å². The zero-order valence-electron chi connectivity index (χ0n) is 12.2. The third-order valence-electron chi connectivity index (χ3n) is 3.84. The van der Waals surface area contributed by atoms with Crippen LogP contribution in [0.3, 0.4) is 0 Å². The topological polar surface area (TPSA) is 32.3 Å². The van der Waals surface area contributed by atoms with Gasteiger partial charge in [0.25, 0.3) is 0 Å². The zero-order valence-corrected chi connectivity index (χ0v) is 13.7. The molecule has 114 valence electrons. The highest BCUT2D eigenvalue weighted by molar-refractivity contribution is 7.91. The average molecular weight is 341 g/mol. The largest absolute Gasteiger partial charge is 0.606 e. The summed E-state index contributed by atoms with van der Waals surface area (Å²) >= 11 is 4.99. The molecule has 0 aliphatic carbocycles. The second kappa shape index (κ2) is 5.93. The molecule has 0 radical (unpaired) electrons. The maximum absolute atomic E-state index is 12.9. The maximum Gasteiger partial charge on any atom is 0.167 e. The predicted molar refractivity (Wildman–Crippen MR) is 91.9 cm³/mol. The predicted octanol–water partition coefficient (Wildman–Crippen LogP) is 5.20. The number of benzene rings is 3. The molecule has 0 bridgehead atoms. The van der Waals surface area contributed by atoms with Crippen LogP contribution in [-0.2, 0) is 17.6 Å². The molecule has 0 fully saturated rings. The Morgan fingerprint density at radius 3 is 2.48 bits per heavy atom. The molecule has 23 heavy (non-hydrogen) atoms. The summed E-state index contributed by atoms with van der Waals surface area (Å²) in [6, 6.07) is 20.9. The number of hydrogen-bond acceptors (Lipinski definition) is 2. The first kappa shape index (κ1) is 14.6. The molecule has 1 aliphatic rings. The molecule has 3 aromatic rings. The Hall–Kier alpha value is -1.94. The van der Waals surface area contributed by atoms with Gasteiger partial charge in [-0.3, -0.25) is 0 Å².